The summed E-state index contributed by atoms with van der Waals surface area (Å²) in [5, 5.41) is 0. The van der Waals surface area contributed by atoms with E-state index in [0.29, 0.717) is 75.1 Å². The van der Waals surface area contributed by atoms with Crippen LogP contribution in [-0.2, 0) is 88.6 Å². The van der Waals surface area contributed by atoms with Gasteiger partial charge >= 0.3 is 71.7 Å². The van der Waals surface area contributed by atoms with Gasteiger partial charge in [0.05, 0.1) is 26.4 Å². The fraction of sp³-hybridized carbons (Fsp3) is 0.867. The Morgan fingerprint density at radius 3 is 0.438 bits per heavy atom. The van der Waals surface area contributed by atoms with Crippen molar-refractivity contribution in [2.24, 2.45) is 0 Å². The zero-order valence-electron chi connectivity index (χ0n) is 67.9. The molecule has 0 aromatic carbocycles. The minimum absolute atomic E-state index is 0. The van der Waals surface area contributed by atoms with Crippen molar-refractivity contribution < 1.29 is 38.1 Å². The maximum atomic E-state index is 11.3. The van der Waals surface area contributed by atoms with E-state index in [2.05, 4.69) is 76.3 Å². The minimum atomic E-state index is -0.0812. The second-order valence-corrected chi connectivity index (χ2v) is 29.4. The van der Waals surface area contributed by atoms with E-state index >= 15 is 0 Å². The number of hydrogen-bond donors (Lipinski definition) is 0. The Labute approximate surface area is 719 Å². The van der Waals surface area contributed by atoms with E-state index in [-0.39, 0.29) is 100 Å². The molecule has 15 heteroatoms. The van der Waals surface area contributed by atoms with Crippen LogP contribution in [0.5, 0.6) is 0 Å². The number of allylic oxidation sites excluding steroid dienone is 8. The second kappa shape index (κ2) is 120. The third-order valence-corrected chi connectivity index (χ3v) is 18.7. The Bertz CT molecular complexity index is 1470. The molecule has 0 aliphatic rings. The van der Waals surface area contributed by atoms with Gasteiger partial charge in [0, 0.05) is 25.7 Å². The zero-order valence-corrected chi connectivity index (χ0v) is 77.9. The quantitative estimate of drug-likeness (QED) is 0.0145. The molecule has 0 atom stereocenters. The van der Waals surface area contributed by atoms with Crippen molar-refractivity contribution in [3.05, 3.63) is 48.6 Å². The van der Waals surface area contributed by atoms with Gasteiger partial charge in [-0.1, -0.05) is 374 Å². The van der Waals surface area contributed by atoms with E-state index in [1.165, 1.54) is 334 Å². The summed E-state index contributed by atoms with van der Waals surface area (Å²) in [5.74, 6) is 1.68. The van der Waals surface area contributed by atoms with E-state index in [1.54, 1.807) is 0 Å². The molecule has 0 unspecified atom stereocenters. The Hall–Kier alpha value is 0.187. The summed E-state index contributed by atoms with van der Waals surface area (Å²) in [6.45, 7) is 10.4. The molecule has 0 aromatic rings. The normalized spacial score (nSPS) is 10.7. The summed E-state index contributed by atoms with van der Waals surface area (Å²) in [5.41, 5.74) is 0. The predicted molar refractivity (Wildman–Crippen MR) is 483 cm³/mol. The molecule has 0 fully saturated rings. The summed E-state index contributed by atoms with van der Waals surface area (Å²) in [7, 11) is 0. The van der Waals surface area contributed by atoms with Crippen LogP contribution in [-0.4, -0.2) is 121 Å². The molecule has 620 valence electrons. The first-order valence-corrected chi connectivity index (χ1v) is 45.1. The Morgan fingerprint density at radius 1 is 0.210 bits per heavy atom. The van der Waals surface area contributed by atoms with Gasteiger partial charge in [-0.25, -0.2) is 0 Å². The monoisotopic (exact) mass is 1780 g/mol. The molecule has 0 bridgehead atoms. The van der Waals surface area contributed by atoms with Crippen molar-refractivity contribution >= 4 is 136 Å². The Balaban J connectivity index is -0.000000165. The van der Waals surface area contributed by atoms with Crippen LogP contribution in [0, 0.1) is 0 Å². The third kappa shape index (κ3) is 128. The van der Waals surface area contributed by atoms with Gasteiger partial charge in [-0.15, -0.1) is 23.0 Å². The first kappa shape index (κ1) is 123. The minimum Gasteiger partial charge on any atom is -0.789 e. The van der Waals surface area contributed by atoms with Crippen molar-refractivity contribution in [3.63, 3.8) is 0 Å². The topological polar surface area (TPSA) is 105 Å². The van der Waals surface area contributed by atoms with Crippen molar-refractivity contribution in [1.82, 2.24) is 0 Å². The molecule has 0 rings (SSSR count). The molecule has 4 radical (unpaired) electrons. The number of carbonyl (C=O) groups excluding carboxylic acids is 4. The molecule has 0 heterocycles. The van der Waals surface area contributed by atoms with E-state index < -0.39 is 0 Å². The smallest absolute Gasteiger partial charge is 0.789 e. The number of rotatable bonds is 76. The molecular weight excluding hydrogens is 1610 g/mol. The molecule has 0 aliphatic heterocycles. The molecule has 0 N–H and O–H groups in total. The number of carbonyl (C=O) groups is 4. The van der Waals surface area contributed by atoms with Gasteiger partial charge in [0.1, 0.15) is 0 Å². The van der Waals surface area contributed by atoms with E-state index in [9.17, 15) is 19.2 Å². The van der Waals surface area contributed by atoms with Crippen molar-refractivity contribution in [1.29, 1.82) is 0 Å². The van der Waals surface area contributed by atoms with Crippen LogP contribution in [0.2, 0.25) is 0 Å². The summed E-state index contributed by atoms with van der Waals surface area (Å²) in [6.07, 6.45) is 99.2. The molecule has 0 aliphatic carbocycles. The summed E-state index contributed by atoms with van der Waals surface area (Å²) >= 11 is 19.0. The average molecular weight is 1780 g/mol. The van der Waals surface area contributed by atoms with Crippen molar-refractivity contribution in [3.8, 4) is 0 Å². The van der Waals surface area contributed by atoms with Gasteiger partial charge in [0.15, 0.2) is 0 Å². The fourth-order valence-electron chi connectivity index (χ4n) is 12.0. The van der Waals surface area contributed by atoms with Crippen LogP contribution in [0.25, 0.3) is 0 Å². The van der Waals surface area contributed by atoms with Gasteiger partial charge in [0.2, 0.25) is 0 Å². The SMILES string of the molecule is C.C.CC/C=C/CCCCCCCCCCCCCCCC(=O)OCC[S-].CC/C=C/CCCCCCCCCCCCCCCC(=O)OCC[S-].CC/C=C/CCCCCCCCCCCCCCCC(=O)OCC[S-].CC/C=C/CCCCCCCCCCCCCCCC(=O)OCC[S-].S.[Sn+2].[Sn+2]. The molecule has 105 heavy (non-hydrogen) atoms. The first-order chi connectivity index (χ1) is 49.2. The van der Waals surface area contributed by atoms with Crippen LogP contribution >= 0.6 is 13.5 Å². The number of ether oxygens (including phenoxy) is 4. The van der Waals surface area contributed by atoms with Crippen LogP contribution in [0.3, 0.4) is 0 Å². The number of esters is 4. The molecule has 0 saturated heterocycles. The van der Waals surface area contributed by atoms with Gasteiger partial charge < -0.3 is 69.5 Å². The van der Waals surface area contributed by atoms with Gasteiger partial charge in [0.25, 0.3) is 0 Å². The van der Waals surface area contributed by atoms with Gasteiger partial charge in [-0.05, 0) is 103 Å². The number of hydrogen-bond acceptors (Lipinski definition) is 12. The maximum absolute atomic E-state index is 11.3. The molecule has 8 nitrogen and oxygen atoms in total. The average Bonchev–Trinajstić information content (AvgIpc) is 3.63. The second-order valence-electron chi connectivity index (χ2n) is 27.8. The van der Waals surface area contributed by atoms with E-state index in [0.717, 1.165) is 51.4 Å². The van der Waals surface area contributed by atoms with Gasteiger partial charge in [-0.3, -0.25) is 19.2 Å². The molecule has 0 aromatic heterocycles. The molecular formula is C90H174O8S5Sn2. The summed E-state index contributed by atoms with van der Waals surface area (Å²) in [6, 6.07) is 0. The number of unbranched alkanes of at least 4 members (excludes halogenated alkanes) is 52. The van der Waals surface area contributed by atoms with Crippen LogP contribution < -0.4 is 0 Å². The third-order valence-electron chi connectivity index (χ3n) is 18.0. The molecule has 0 amide bonds. The summed E-state index contributed by atoms with van der Waals surface area (Å²) in [4.78, 5) is 45.2. The van der Waals surface area contributed by atoms with Crippen LogP contribution in [0.15, 0.2) is 48.6 Å². The molecule has 0 saturated carbocycles. The summed E-state index contributed by atoms with van der Waals surface area (Å²) < 4.78 is 19.9. The van der Waals surface area contributed by atoms with E-state index in [1.807, 2.05) is 0 Å². The maximum Gasteiger partial charge on any atom is 2.00 e. The first-order valence-electron chi connectivity index (χ1n) is 42.8. The Morgan fingerprint density at radius 2 is 0.324 bits per heavy atom. The predicted octanol–water partition coefficient (Wildman–Crippen LogP) is 28.2. The van der Waals surface area contributed by atoms with Gasteiger partial charge in [-0.2, -0.15) is 13.5 Å². The van der Waals surface area contributed by atoms with Crippen LogP contribution in [0.1, 0.15) is 453 Å². The fourth-order valence-corrected chi connectivity index (χ4v) is 12.3. The van der Waals surface area contributed by atoms with Crippen LogP contribution in [0.4, 0.5) is 0 Å². The largest absolute Gasteiger partial charge is 2.00 e. The standard InChI is InChI=1S/4C22H42O2S.2CH4.H2S.2Sn/c4*1-2-3-4-5-6-7-8-9-10-11-12-13-14-15-16-17-18-19-22(23)24-20-21-25;;;;;/h4*3-4,25H,2,5-21H2,1H3;2*1H4;1H2;;/q;;;;;;;2*+2/p-4/b4*4-3+;;;;;. The van der Waals surface area contributed by atoms with Crippen molar-refractivity contribution in [2.45, 2.75) is 453 Å². The Kier molecular flexibility index (Phi) is 141. The molecule has 0 spiro atoms. The van der Waals surface area contributed by atoms with Crippen molar-refractivity contribution in [2.75, 3.05) is 49.4 Å². The zero-order chi connectivity index (χ0) is 73.7. The van der Waals surface area contributed by atoms with E-state index in [4.69, 9.17) is 69.5 Å².